The lowest BCUT2D eigenvalue weighted by atomic mass is 9.82. The number of amides is 3. The first kappa shape index (κ1) is 23.9. The van der Waals surface area contributed by atoms with Crippen molar-refractivity contribution in [2.45, 2.75) is 52.4 Å². The average molecular weight is 446 g/mol. The largest absolute Gasteiger partial charge is 0.482 e. The van der Waals surface area contributed by atoms with E-state index in [1.165, 1.54) is 0 Å². The van der Waals surface area contributed by atoms with E-state index >= 15 is 0 Å². The van der Waals surface area contributed by atoms with Crippen molar-refractivity contribution in [3.8, 4) is 5.75 Å². The Kier molecular flexibility index (Phi) is 7.64. The zero-order chi connectivity index (χ0) is 23.3. The summed E-state index contributed by atoms with van der Waals surface area (Å²) in [6.07, 6.45) is 1.59. The molecule has 0 bridgehead atoms. The Bertz CT molecular complexity index is 846. The monoisotopic (exact) mass is 445 g/mol. The van der Waals surface area contributed by atoms with E-state index in [9.17, 15) is 14.4 Å². The molecule has 1 fully saturated rings. The quantitative estimate of drug-likeness (QED) is 0.644. The summed E-state index contributed by atoms with van der Waals surface area (Å²) >= 11 is 0. The lowest BCUT2D eigenvalue weighted by molar-refractivity contribution is -0.133. The van der Waals surface area contributed by atoms with Crippen molar-refractivity contribution >= 4 is 23.6 Å². The van der Waals surface area contributed by atoms with Crippen LogP contribution >= 0.6 is 0 Å². The number of rotatable bonds is 7. The maximum absolute atomic E-state index is 12.7. The minimum atomic E-state index is -0.324. The van der Waals surface area contributed by atoms with Crippen molar-refractivity contribution < 1.29 is 23.9 Å². The Morgan fingerprint density at radius 2 is 1.78 bits per heavy atom. The smallest absolute Gasteiger partial charge is 0.409 e. The van der Waals surface area contributed by atoms with Gasteiger partial charge in [-0.05, 0) is 42.9 Å². The first-order valence-corrected chi connectivity index (χ1v) is 11.5. The van der Waals surface area contributed by atoms with Gasteiger partial charge in [0.15, 0.2) is 6.61 Å². The summed E-state index contributed by atoms with van der Waals surface area (Å²) in [5.74, 6) is 0.677. The fourth-order valence-electron chi connectivity index (χ4n) is 3.97. The number of piperazine rings is 1. The van der Waals surface area contributed by atoms with E-state index in [-0.39, 0.29) is 29.9 Å². The van der Waals surface area contributed by atoms with Crippen molar-refractivity contribution in [1.29, 1.82) is 0 Å². The molecule has 2 aliphatic heterocycles. The molecule has 1 aromatic carbocycles. The van der Waals surface area contributed by atoms with Crippen LogP contribution in [0.2, 0.25) is 0 Å². The molecule has 1 saturated heterocycles. The molecule has 32 heavy (non-hydrogen) atoms. The van der Waals surface area contributed by atoms with Crippen LogP contribution in [-0.4, -0.2) is 73.6 Å². The Balaban J connectivity index is 1.56. The fraction of sp³-hybridized carbons (Fsp3) is 0.625. The van der Waals surface area contributed by atoms with Gasteiger partial charge in [-0.3, -0.25) is 9.59 Å². The number of carbonyl (C=O) groups excluding carboxylic acids is 3. The standard InChI is InChI=1S/C24H35N3O5/c1-5-24(3,4)18-9-10-20-19(16-18)27(22(29)17-32-20)11-7-8-21(28)25-12-14-26(15-13-25)23(30)31-6-2/h9-10,16H,5-8,11-15,17H2,1-4H3. The highest BCUT2D eigenvalue weighted by Gasteiger charge is 2.29. The van der Waals surface area contributed by atoms with Gasteiger partial charge in [0, 0.05) is 39.1 Å². The summed E-state index contributed by atoms with van der Waals surface area (Å²) in [6.45, 7) is 11.1. The predicted octanol–water partition coefficient (Wildman–Crippen LogP) is 3.18. The van der Waals surface area contributed by atoms with Crippen LogP contribution in [-0.2, 0) is 19.7 Å². The predicted molar refractivity (Wildman–Crippen MR) is 122 cm³/mol. The van der Waals surface area contributed by atoms with E-state index in [1.807, 2.05) is 12.1 Å². The highest BCUT2D eigenvalue weighted by Crippen LogP contribution is 2.37. The van der Waals surface area contributed by atoms with Crippen molar-refractivity contribution in [2.75, 3.05) is 50.8 Å². The zero-order valence-electron chi connectivity index (χ0n) is 19.7. The maximum atomic E-state index is 12.7. The highest BCUT2D eigenvalue weighted by atomic mass is 16.6. The molecular formula is C24H35N3O5. The molecule has 0 spiro atoms. The molecule has 0 saturated carbocycles. The van der Waals surface area contributed by atoms with Crippen LogP contribution in [0.5, 0.6) is 5.75 Å². The number of hydrogen-bond acceptors (Lipinski definition) is 5. The SMILES string of the molecule is CCOC(=O)N1CCN(C(=O)CCCN2C(=O)COc3ccc(C(C)(C)CC)cc32)CC1. The molecule has 0 atom stereocenters. The topological polar surface area (TPSA) is 79.4 Å². The highest BCUT2D eigenvalue weighted by molar-refractivity contribution is 5.98. The van der Waals surface area contributed by atoms with Crippen LogP contribution in [0.4, 0.5) is 10.5 Å². The second kappa shape index (κ2) is 10.2. The van der Waals surface area contributed by atoms with Gasteiger partial charge in [0.25, 0.3) is 5.91 Å². The normalized spacial score (nSPS) is 16.5. The Morgan fingerprint density at radius 1 is 1.09 bits per heavy atom. The molecule has 0 radical (unpaired) electrons. The average Bonchev–Trinajstić information content (AvgIpc) is 2.80. The molecule has 8 nitrogen and oxygen atoms in total. The third kappa shape index (κ3) is 5.34. The molecule has 3 amide bonds. The van der Waals surface area contributed by atoms with Gasteiger partial charge in [0.1, 0.15) is 5.75 Å². The lowest BCUT2D eigenvalue weighted by Crippen LogP contribution is -2.50. The van der Waals surface area contributed by atoms with Gasteiger partial charge in [-0.2, -0.15) is 0 Å². The Labute approximate surface area is 190 Å². The van der Waals surface area contributed by atoms with E-state index in [1.54, 1.807) is 21.6 Å². The molecule has 176 valence electrons. The fourth-order valence-corrected chi connectivity index (χ4v) is 3.97. The molecule has 3 rings (SSSR count). The third-order valence-corrected chi connectivity index (χ3v) is 6.50. The molecule has 2 aliphatic rings. The molecule has 2 heterocycles. The lowest BCUT2D eigenvalue weighted by Gasteiger charge is -2.34. The molecule has 0 aromatic heterocycles. The van der Waals surface area contributed by atoms with Crippen LogP contribution in [0, 0.1) is 0 Å². The van der Waals surface area contributed by atoms with Crippen LogP contribution in [0.25, 0.3) is 0 Å². The number of nitrogens with zero attached hydrogens (tertiary/aromatic N) is 3. The van der Waals surface area contributed by atoms with E-state index < -0.39 is 0 Å². The Morgan fingerprint density at radius 3 is 2.44 bits per heavy atom. The van der Waals surface area contributed by atoms with E-state index in [0.29, 0.717) is 57.9 Å². The zero-order valence-corrected chi connectivity index (χ0v) is 19.7. The van der Waals surface area contributed by atoms with Gasteiger partial charge in [-0.15, -0.1) is 0 Å². The van der Waals surface area contributed by atoms with Gasteiger partial charge < -0.3 is 24.2 Å². The van der Waals surface area contributed by atoms with Crippen molar-refractivity contribution in [3.05, 3.63) is 23.8 Å². The van der Waals surface area contributed by atoms with E-state index in [2.05, 4.69) is 26.8 Å². The molecular weight excluding hydrogens is 410 g/mol. The van der Waals surface area contributed by atoms with Gasteiger partial charge in [0.2, 0.25) is 5.91 Å². The number of carbonyl (C=O) groups is 3. The van der Waals surface area contributed by atoms with E-state index in [4.69, 9.17) is 9.47 Å². The third-order valence-electron chi connectivity index (χ3n) is 6.50. The second-order valence-corrected chi connectivity index (χ2v) is 8.92. The molecule has 1 aromatic rings. The van der Waals surface area contributed by atoms with Crippen LogP contribution in [0.15, 0.2) is 18.2 Å². The summed E-state index contributed by atoms with van der Waals surface area (Å²) in [4.78, 5) is 42.2. The molecule has 0 unspecified atom stereocenters. The molecule has 8 heteroatoms. The summed E-state index contributed by atoms with van der Waals surface area (Å²) in [5.41, 5.74) is 1.96. The number of benzene rings is 1. The molecule has 0 aliphatic carbocycles. The molecule has 0 N–H and O–H groups in total. The Hall–Kier alpha value is -2.77. The number of ether oxygens (including phenoxy) is 2. The van der Waals surface area contributed by atoms with Gasteiger partial charge in [0.05, 0.1) is 12.3 Å². The van der Waals surface area contributed by atoms with Gasteiger partial charge >= 0.3 is 6.09 Å². The van der Waals surface area contributed by atoms with Crippen molar-refractivity contribution in [2.24, 2.45) is 0 Å². The summed E-state index contributed by atoms with van der Waals surface area (Å²) in [6, 6.07) is 6.05. The van der Waals surface area contributed by atoms with Crippen LogP contribution < -0.4 is 9.64 Å². The minimum absolute atomic E-state index is 0.00283. The first-order chi connectivity index (χ1) is 15.3. The first-order valence-electron chi connectivity index (χ1n) is 11.5. The number of anilines is 1. The maximum Gasteiger partial charge on any atom is 0.409 e. The minimum Gasteiger partial charge on any atom is -0.482 e. The van der Waals surface area contributed by atoms with Crippen LogP contribution in [0.1, 0.15) is 52.5 Å². The second-order valence-electron chi connectivity index (χ2n) is 8.92. The number of hydrogen-bond donors (Lipinski definition) is 0. The van der Waals surface area contributed by atoms with Crippen LogP contribution in [0.3, 0.4) is 0 Å². The number of fused-ring (bicyclic) bond motifs is 1. The summed E-state index contributed by atoms with van der Waals surface area (Å²) < 4.78 is 10.6. The summed E-state index contributed by atoms with van der Waals surface area (Å²) in [7, 11) is 0. The van der Waals surface area contributed by atoms with Crippen molar-refractivity contribution in [3.63, 3.8) is 0 Å². The van der Waals surface area contributed by atoms with Crippen molar-refractivity contribution in [1.82, 2.24) is 9.80 Å². The summed E-state index contributed by atoms with van der Waals surface area (Å²) in [5, 5.41) is 0. The van der Waals surface area contributed by atoms with Gasteiger partial charge in [-0.1, -0.05) is 26.8 Å². The van der Waals surface area contributed by atoms with E-state index in [0.717, 1.165) is 17.7 Å². The van der Waals surface area contributed by atoms with Gasteiger partial charge in [-0.25, -0.2) is 4.79 Å².